The first-order valence-corrected chi connectivity index (χ1v) is 11.0. The van der Waals surface area contributed by atoms with Crippen LogP contribution in [0.2, 0.25) is 0 Å². The van der Waals surface area contributed by atoms with Gasteiger partial charge < -0.3 is 20.5 Å². The lowest BCUT2D eigenvalue weighted by molar-refractivity contribution is -0.384. The molecule has 0 fully saturated rings. The number of nitrogens with one attached hydrogen (secondary N) is 2. The third kappa shape index (κ3) is 6.33. The third-order valence-corrected chi connectivity index (χ3v) is 5.30. The Balaban J connectivity index is 2.06. The van der Waals surface area contributed by atoms with Gasteiger partial charge in [0.15, 0.2) is 0 Å². The van der Waals surface area contributed by atoms with E-state index in [0.29, 0.717) is 53.4 Å². The molecule has 9 heteroatoms. The molecule has 0 heterocycles. The highest BCUT2D eigenvalue weighted by Gasteiger charge is 2.21. The summed E-state index contributed by atoms with van der Waals surface area (Å²) in [5.41, 5.74) is 3.78. The van der Waals surface area contributed by atoms with Gasteiger partial charge in [-0.15, -0.1) is 0 Å². The van der Waals surface area contributed by atoms with Gasteiger partial charge >= 0.3 is 0 Å². The monoisotopic (exact) mass is 471 g/mol. The number of rotatable bonds is 10. The molecule has 0 aliphatic carbocycles. The lowest BCUT2D eigenvalue weighted by atomic mass is 10.1. The molecule has 0 aromatic heterocycles. The van der Waals surface area contributed by atoms with E-state index in [4.69, 9.17) is 15.1 Å². The summed E-state index contributed by atoms with van der Waals surface area (Å²) in [6.07, 6.45) is 0.546. The molecule has 0 aliphatic heterocycles. The summed E-state index contributed by atoms with van der Waals surface area (Å²) in [7, 11) is 0. The van der Waals surface area contributed by atoms with Crippen molar-refractivity contribution in [3.8, 4) is 23.6 Å². The average Bonchev–Trinajstić information content (AvgIpc) is 2.85. The lowest BCUT2D eigenvalue weighted by Crippen LogP contribution is -2.16. The molecule has 0 saturated heterocycles. The van der Waals surface area contributed by atoms with E-state index in [2.05, 4.69) is 16.7 Å². The van der Waals surface area contributed by atoms with Crippen molar-refractivity contribution in [1.82, 2.24) is 5.32 Å². The summed E-state index contributed by atoms with van der Waals surface area (Å²) in [6, 6.07) is 17.2. The number of aryl methyl sites for hydroxylation is 2. The number of benzene rings is 3. The molecule has 0 radical (unpaired) electrons. The summed E-state index contributed by atoms with van der Waals surface area (Å²) >= 11 is 0. The van der Waals surface area contributed by atoms with Crippen LogP contribution in [-0.4, -0.2) is 23.2 Å². The topological polar surface area (TPSA) is 144 Å². The van der Waals surface area contributed by atoms with Crippen molar-refractivity contribution in [3.63, 3.8) is 0 Å². The van der Waals surface area contributed by atoms with Crippen LogP contribution in [0.25, 0.3) is 0 Å². The molecule has 0 amide bonds. The van der Waals surface area contributed by atoms with Crippen molar-refractivity contribution < 1.29 is 14.8 Å². The molecule has 0 aliphatic rings. The van der Waals surface area contributed by atoms with Crippen molar-refractivity contribution in [2.45, 2.75) is 26.8 Å². The Labute approximate surface area is 203 Å². The van der Waals surface area contributed by atoms with Gasteiger partial charge in [-0.3, -0.25) is 10.1 Å². The highest BCUT2D eigenvalue weighted by Crippen LogP contribution is 2.38. The number of nitro benzene ring substituents is 1. The first kappa shape index (κ1) is 25.2. The normalized spacial score (nSPS) is 10.3. The van der Waals surface area contributed by atoms with Gasteiger partial charge in [0.2, 0.25) is 0 Å². The van der Waals surface area contributed by atoms with E-state index < -0.39 is 4.92 Å². The van der Waals surface area contributed by atoms with Crippen LogP contribution in [0.5, 0.6) is 11.5 Å². The van der Waals surface area contributed by atoms with Gasteiger partial charge in [-0.25, -0.2) is 0 Å². The third-order valence-electron chi connectivity index (χ3n) is 5.30. The zero-order valence-corrected chi connectivity index (χ0v) is 19.5. The van der Waals surface area contributed by atoms with Crippen LogP contribution in [0.15, 0.2) is 48.5 Å². The molecular weight excluding hydrogens is 446 g/mol. The number of nitrogens with zero attached hydrogens (tertiary/aromatic N) is 3. The molecule has 0 unspecified atom stereocenters. The maximum atomic E-state index is 11.9. The molecule has 0 bridgehead atoms. The Bertz CT molecular complexity index is 1280. The molecule has 3 aromatic carbocycles. The Hall–Kier alpha value is -4.44. The Kier molecular flexibility index (Phi) is 8.36. The molecule has 178 valence electrons. The molecule has 3 rings (SSSR count). The second-order valence-electron chi connectivity index (χ2n) is 7.96. The summed E-state index contributed by atoms with van der Waals surface area (Å²) in [4.78, 5) is 11.4. The zero-order chi connectivity index (χ0) is 25.4. The van der Waals surface area contributed by atoms with Gasteiger partial charge in [0, 0.05) is 36.5 Å². The van der Waals surface area contributed by atoms with E-state index in [1.165, 1.54) is 6.07 Å². The number of ether oxygens (including phenoxy) is 1. The molecule has 35 heavy (non-hydrogen) atoms. The van der Waals surface area contributed by atoms with E-state index in [-0.39, 0.29) is 18.0 Å². The maximum absolute atomic E-state index is 11.9. The fraction of sp³-hybridized carbons (Fsp3) is 0.231. The van der Waals surface area contributed by atoms with E-state index >= 15 is 0 Å². The summed E-state index contributed by atoms with van der Waals surface area (Å²) in [5, 5.41) is 45.4. The maximum Gasteiger partial charge on any atom is 0.293 e. The van der Waals surface area contributed by atoms with E-state index in [0.717, 1.165) is 11.1 Å². The van der Waals surface area contributed by atoms with Crippen LogP contribution in [0.3, 0.4) is 0 Å². The number of aliphatic hydroxyl groups excluding tert-OH is 1. The highest BCUT2D eigenvalue weighted by molar-refractivity contribution is 5.73. The number of nitro groups is 1. The Morgan fingerprint density at radius 3 is 2.26 bits per heavy atom. The number of nitriles is 2. The largest absolute Gasteiger partial charge is 0.456 e. The molecule has 3 aromatic rings. The molecular formula is C26H25N5O4. The van der Waals surface area contributed by atoms with E-state index in [1.54, 1.807) is 42.5 Å². The van der Waals surface area contributed by atoms with Gasteiger partial charge in [0.1, 0.15) is 17.2 Å². The summed E-state index contributed by atoms with van der Waals surface area (Å²) < 4.78 is 6.27. The van der Waals surface area contributed by atoms with Crippen molar-refractivity contribution in [2.24, 2.45) is 0 Å². The minimum absolute atomic E-state index is 0.0353. The Morgan fingerprint density at radius 2 is 1.69 bits per heavy atom. The van der Waals surface area contributed by atoms with Crippen LogP contribution in [0.1, 0.15) is 34.2 Å². The zero-order valence-electron chi connectivity index (χ0n) is 19.5. The summed E-state index contributed by atoms with van der Waals surface area (Å²) in [6.45, 7) is 4.53. The molecule has 0 atom stereocenters. The average molecular weight is 472 g/mol. The van der Waals surface area contributed by atoms with Crippen molar-refractivity contribution in [3.05, 3.63) is 86.5 Å². The predicted octanol–water partition coefficient (Wildman–Crippen LogP) is 4.96. The van der Waals surface area contributed by atoms with E-state index in [1.807, 2.05) is 19.9 Å². The van der Waals surface area contributed by atoms with Crippen LogP contribution in [-0.2, 0) is 6.54 Å². The quantitative estimate of drug-likeness (QED) is 0.214. The van der Waals surface area contributed by atoms with Gasteiger partial charge in [0.05, 0.1) is 28.2 Å². The molecule has 0 saturated carbocycles. The van der Waals surface area contributed by atoms with Crippen LogP contribution < -0.4 is 15.4 Å². The minimum Gasteiger partial charge on any atom is -0.456 e. The molecule has 3 N–H and O–H groups in total. The van der Waals surface area contributed by atoms with Crippen molar-refractivity contribution in [2.75, 3.05) is 18.5 Å². The van der Waals surface area contributed by atoms with Gasteiger partial charge in [-0.1, -0.05) is 0 Å². The fourth-order valence-electron chi connectivity index (χ4n) is 3.59. The second kappa shape index (κ2) is 11.6. The fourth-order valence-corrected chi connectivity index (χ4v) is 3.59. The summed E-state index contributed by atoms with van der Waals surface area (Å²) in [5.74, 6) is 0.984. The SMILES string of the molecule is Cc1cc(C#N)cc(C)c1Oc1cc(Nc2ccc(C#N)cc2)c([N+](=O)[O-])cc1CNCCCO. The van der Waals surface area contributed by atoms with Crippen LogP contribution in [0, 0.1) is 46.6 Å². The first-order chi connectivity index (χ1) is 16.9. The smallest absolute Gasteiger partial charge is 0.293 e. The number of anilines is 2. The van der Waals surface area contributed by atoms with Gasteiger partial charge in [-0.2, -0.15) is 10.5 Å². The standard InChI is InChI=1S/C26H25N5O4/c1-17-10-20(15-28)11-18(2)26(17)35-25-13-23(30-22-6-4-19(14-27)5-7-22)24(31(33)34)12-21(25)16-29-8-3-9-32/h4-7,10-13,29-30,32H,3,8-9,16H2,1-2H3. The second-order valence-corrected chi connectivity index (χ2v) is 7.96. The molecule has 9 nitrogen and oxygen atoms in total. The lowest BCUT2D eigenvalue weighted by Gasteiger charge is -2.18. The van der Waals surface area contributed by atoms with E-state index in [9.17, 15) is 15.4 Å². The van der Waals surface area contributed by atoms with Crippen molar-refractivity contribution in [1.29, 1.82) is 10.5 Å². The number of hydrogen-bond donors (Lipinski definition) is 3. The number of aliphatic hydroxyl groups is 1. The van der Waals surface area contributed by atoms with Gasteiger partial charge in [0.25, 0.3) is 5.69 Å². The number of hydrogen-bond acceptors (Lipinski definition) is 8. The highest BCUT2D eigenvalue weighted by atomic mass is 16.6. The van der Waals surface area contributed by atoms with Gasteiger partial charge in [-0.05, 0) is 74.3 Å². The minimum atomic E-state index is -0.467. The van der Waals surface area contributed by atoms with Crippen LogP contribution >= 0.6 is 0 Å². The van der Waals surface area contributed by atoms with Crippen molar-refractivity contribution >= 4 is 17.1 Å². The first-order valence-electron chi connectivity index (χ1n) is 11.0. The van der Waals surface area contributed by atoms with Crippen LogP contribution in [0.4, 0.5) is 17.1 Å². The Morgan fingerprint density at radius 1 is 1.03 bits per heavy atom. The molecule has 0 spiro atoms. The predicted molar refractivity (Wildman–Crippen MR) is 132 cm³/mol.